The molecule has 2 heterocycles. The first-order chi connectivity index (χ1) is 7.20. The minimum Gasteiger partial charge on any atom is -0.350 e. The van der Waals surface area contributed by atoms with Crippen molar-refractivity contribution in [2.24, 2.45) is 0 Å². The lowest BCUT2D eigenvalue weighted by atomic mass is 10.1. The fraction of sp³-hybridized carbons (Fsp3) is 0.545. The van der Waals surface area contributed by atoms with E-state index in [4.69, 9.17) is 0 Å². The van der Waals surface area contributed by atoms with Crippen molar-refractivity contribution in [3.63, 3.8) is 0 Å². The molecule has 0 aromatic carbocycles. The summed E-state index contributed by atoms with van der Waals surface area (Å²) >= 11 is 3.47. The van der Waals surface area contributed by atoms with E-state index >= 15 is 0 Å². The van der Waals surface area contributed by atoms with Crippen molar-refractivity contribution < 1.29 is 4.79 Å². The Morgan fingerprint density at radius 2 is 2.53 bits per heavy atom. The van der Waals surface area contributed by atoms with Crippen LogP contribution in [0.3, 0.4) is 0 Å². The van der Waals surface area contributed by atoms with Crippen LogP contribution in [-0.4, -0.2) is 23.0 Å². The third-order valence-corrected chi connectivity index (χ3v) is 5.08. The van der Waals surface area contributed by atoms with Crippen LogP contribution in [0.4, 0.5) is 0 Å². The smallest absolute Gasteiger partial charge is 0.261 e. The standard InChI is InChI=1S/C11H15NOS2/c1-11(5-3-7-15-11)8-12-10(13)9-4-2-6-14-9/h2,4,6H,3,5,7-8H2,1H3,(H,12,13). The van der Waals surface area contributed by atoms with Crippen molar-refractivity contribution in [1.82, 2.24) is 5.32 Å². The molecule has 2 nitrogen and oxygen atoms in total. The summed E-state index contributed by atoms with van der Waals surface area (Å²) in [5, 5.41) is 4.95. The van der Waals surface area contributed by atoms with Crippen LogP contribution in [0.5, 0.6) is 0 Å². The number of thiophene rings is 1. The van der Waals surface area contributed by atoms with Gasteiger partial charge in [0.25, 0.3) is 5.91 Å². The van der Waals surface area contributed by atoms with Gasteiger partial charge in [0.1, 0.15) is 0 Å². The monoisotopic (exact) mass is 241 g/mol. The fourth-order valence-electron chi connectivity index (χ4n) is 1.74. The van der Waals surface area contributed by atoms with E-state index in [9.17, 15) is 4.79 Å². The van der Waals surface area contributed by atoms with Crippen LogP contribution in [0.15, 0.2) is 17.5 Å². The largest absolute Gasteiger partial charge is 0.350 e. The molecule has 1 aromatic rings. The molecule has 0 radical (unpaired) electrons. The van der Waals surface area contributed by atoms with Gasteiger partial charge in [-0.25, -0.2) is 0 Å². The molecule has 1 N–H and O–H groups in total. The Morgan fingerprint density at radius 3 is 3.13 bits per heavy atom. The molecule has 0 spiro atoms. The van der Waals surface area contributed by atoms with Crippen LogP contribution in [0, 0.1) is 0 Å². The molecule has 1 aromatic heterocycles. The van der Waals surface area contributed by atoms with Gasteiger partial charge < -0.3 is 5.32 Å². The van der Waals surface area contributed by atoms with Crippen molar-refractivity contribution in [1.29, 1.82) is 0 Å². The Morgan fingerprint density at radius 1 is 1.67 bits per heavy atom. The molecule has 2 rings (SSSR count). The summed E-state index contributed by atoms with van der Waals surface area (Å²) in [6.07, 6.45) is 2.48. The van der Waals surface area contributed by atoms with Crippen molar-refractivity contribution in [2.45, 2.75) is 24.5 Å². The van der Waals surface area contributed by atoms with Gasteiger partial charge in [0, 0.05) is 11.3 Å². The van der Waals surface area contributed by atoms with E-state index < -0.39 is 0 Å². The van der Waals surface area contributed by atoms with Gasteiger partial charge in [0.05, 0.1) is 4.88 Å². The van der Waals surface area contributed by atoms with E-state index in [0.717, 1.165) is 11.4 Å². The molecule has 82 valence electrons. The van der Waals surface area contributed by atoms with Gasteiger partial charge in [0.2, 0.25) is 0 Å². The highest BCUT2D eigenvalue weighted by Gasteiger charge is 2.29. The second-order valence-electron chi connectivity index (χ2n) is 4.06. The van der Waals surface area contributed by atoms with Crippen molar-refractivity contribution in [2.75, 3.05) is 12.3 Å². The van der Waals surface area contributed by atoms with E-state index in [1.807, 2.05) is 29.3 Å². The minimum atomic E-state index is 0.0683. The normalized spacial score (nSPS) is 25.4. The van der Waals surface area contributed by atoms with Crippen LogP contribution in [0.2, 0.25) is 0 Å². The predicted octanol–water partition coefficient (Wildman–Crippen LogP) is 2.76. The van der Waals surface area contributed by atoms with Crippen LogP contribution in [-0.2, 0) is 0 Å². The quantitative estimate of drug-likeness (QED) is 0.881. The summed E-state index contributed by atoms with van der Waals surface area (Å²) in [4.78, 5) is 12.5. The van der Waals surface area contributed by atoms with E-state index in [1.165, 1.54) is 29.9 Å². The molecule has 15 heavy (non-hydrogen) atoms. The second kappa shape index (κ2) is 4.58. The Labute approximate surface area is 98.5 Å². The van der Waals surface area contributed by atoms with E-state index in [-0.39, 0.29) is 10.7 Å². The van der Waals surface area contributed by atoms with Gasteiger partial charge >= 0.3 is 0 Å². The molecule has 0 aliphatic carbocycles. The first kappa shape index (κ1) is 11.0. The summed E-state index contributed by atoms with van der Waals surface area (Å²) in [6.45, 7) is 3.02. The zero-order valence-electron chi connectivity index (χ0n) is 8.79. The highest BCUT2D eigenvalue weighted by atomic mass is 32.2. The Kier molecular flexibility index (Phi) is 3.36. The van der Waals surface area contributed by atoms with Crippen LogP contribution < -0.4 is 5.32 Å². The summed E-state index contributed by atoms with van der Waals surface area (Å²) < 4.78 is 0.257. The average molecular weight is 241 g/mol. The number of hydrogen-bond acceptors (Lipinski definition) is 3. The number of amides is 1. The summed E-state index contributed by atoms with van der Waals surface area (Å²) in [5.74, 6) is 1.30. The Bertz CT molecular complexity index is 328. The van der Waals surface area contributed by atoms with Gasteiger partial charge in [-0.3, -0.25) is 4.79 Å². The Balaban J connectivity index is 1.85. The molecule has 1 fully saturated rings. The third-order valence-electron chi connectivity index (χ3n) is 2.67. The maximum absolute atomic E-state index is 11.7. The van der Waals surface area contributed by atoms with Gasteiger partial charge in [-0.2, -0.15) is 11.8 Å². The molecule has 0 saturated carbocycles. The molecule has 1 saturated heterocycles. The van der Waals surface area contributed by atoms with E-state index in [2.05, 4.69) is 12.2 Å². The molecule has 1 aliphatic rings. The molecule has 0 bridgehead atoms. The number of rotatable bonds is 3. The summed E-state index contributed by atoms with van der Waals surface area (Å²) in [6, 6.07) is 3.77. The molecule has 1 unspecified atom stereocenters. The minimum absolute atomic E-state index is 0.0683. The molecular formula is C11H15NOS2. The fourth-order valence-corrected chi connectivity index (χ4v) is 3.62. The van der Waals surface area contributed by atoms with Crippen LogP contribution in [0.1, 0.15) is 29.4 Å². The van der Waals surface area contributed by atoms with Gasteiger partial charge in [0.15, 0.2) is 0 Å². The second-order valence-corrected chi connectivity index (χ2v) is 6.69. The van der Waals surface area contributed by atoms with Gasteiger partial charge in [-0.1, -0.05) is 6.07 Å². The van der Waals surface area contributed by atoms with Crippen molar-refractivity contribution >= 4 is 29.0 Å². The first-order valence-electron chi connectivity index (χ1n) is 5.15. The van der Waals surface area contributed by atoms with E-state index in [0.29, 0.717) is 0 Å². The lowest BCUT2D eigenvalue weighted by Crippen LogP contribution is -2.36. The lowest BCUT2D eigenvalue weighted by Gasteiger charge is -2.22. The van der Waals surface area contributed by atoms with Crippen LogP contribution >= 0.6 is 23.1 Å². The Hall–Kier alpha value is -0.480. The van der Waals surface area contributed by atoms with Crippen LogP contribution in [0.25, 0.3) is 0 Å². The number of hydrogen-bond donors (Lipinski definition) is 1. The zero-order chi connectivity index (χ0) is 10.7. The summed E-state index contributed by atoms with van der Waals surface area (Å²) in [5.41, 5.74) is 0. The zero-order valence-corrected chi connectivity index (χ0v) is 10.4. The maximum atomic E-state index is 11.7. The topological polar surface area (TPSA) is 29.1 Å². The lowest BCUT2D eigenvalue weighted by molar-refractivity contribution is 0.0954. The highest BCUT2D eigenvalue weighted by Crippen LogP contribution is 2.36. The average Bonchev–Trinajstić information content (AvgIpc) is 2.85. The first-order valence-corrected chi connectivity index (χ1v) is 7.02. The summed E-state index contributed by atoms with van der Waals surface area (Å²) in [7, 11) is 0. The van der Waals surface area contributed by atoms with Crippen molar-refractivity contribution in [3.8, 4) is 0 Å². The molecule has 1 amide bonds. The van der Waals surface area contributed by atoms with Gasteiger partial charge in [-0.05, 0) is 37.0 Å². The molecule has 1 atom stereocenters. The third kappa shape index (κ3) is 2.75. The van der Waals surface area contributed by atoms with Gasteiger partial charge in [-0.15, -0.1) is 11.3 Å². The molecule has 4 heteroatoms. The number of carbonyl (C=O) groups is 1. The SMILES string of the molecule is CC1(CNC(=O)c2cccs2)CCCS1. The number of nitrogens with one attached hydrogen (secondary N) is 1. The maximum Gasteiger partial charge on any atom is 0.261 e. The van der Waals surface area contributed by atoms with E-state index in [1.54, 1.807) is 0 Å². The molecule has 1 aliphatic heterocycles. The highest BCUT2D eigenvalue weighted by molar-refractivity contribution is 8.00. The van der Waals surface area contributed by atoms with Crippen molar-refractivity contribution in [3.05, 3.63) is 22.4 Å². The number of carbonyl (C=O) groups excluding carboxylic acids is 1. The molecular weight excluding hydrogens is 226 g/mol. The number of thioether (sulfide) groups is 1. The predicted molar refractivity (Wildman–Crippen MR) is 66.7 cm³/mol.